The molecule has 19 rings (SSSR count). The van der Waals surface area contributed by atoms with Crippen molar-refractivity contribution in [3.05, 3.63) is 66.8 Å². The van der Waals surface area contributed by atoms with E-state index in [1.165, 1.54) is 69.6 Å². The molecule has 10 unspecified atom stereocenters. The Morgan fingerprint density at radius 2 is 0.842 bits per heavy atom. The van der Waals surface area contributed by atoms with Crippen molar-refractivity contribution in [1.82, 2.24) is 0 Å². The number of rotatable bonds is 32. The van der Waals surface area contributed by atoms with Crippen LogP contribution >= 0.6 is 0 Å². The van der Waals surface area contributed by atoms with Gasteiger partial charge in [-0.25, -0.2) is 9.59 Å². The first-order chi connectivity index (χ1) is 63.1. The van der Waals surface area contributed by atoms with E-state index < -0.39 is 63.0 Å². The average Bonchev–Trinajstić information content (AvgIpc) is 0.717. The first-order valence-electron chi connectivity index (χ1n) is 52.6. The molecule has 10 atom stereocenters. The van der Waals surface area contributed by atoms with Gasteiger partial charge in [-0.3, -0.25) is 28.8 Å². The molecule has 146 heavy (non-hydrogen) atoms. The van der Waals surface area contributed by atoms with Gasteiger partial charge in [0.2, 0.25) is 0 Å². The summed E-state index contributed by atoms with van der Waals surface area (Å²) >= 11 is -0.0703. The zero-order valence-corrected chi connectivity index (χ0v) is 90.6. The molecular weight excluding hydrogens is 1960 g/mol. The fourth-order valence-corrected chi connectivity index (χ4v) is 27.5. The Morgan fingerprint density at radius 3 is 1.27 bits per heavy atom. The van der Waals surface area contributed by atoms with E-state index in [2.05, 4.69) is 118 Å². The minimum Gasteiger partial charge on any atom is -0.465 e. The number of ether oxygens (including phenoxy) is 10. The van der Waals surface area contributed by atoms with Crippen LogP contribution in [0.2, 0.25) is 0 Å². The van der Waals surface area contributed by atoms with Crippen molar-refractivity contribution >= 4 is 47.8 Å². The summed E-state index contributed by atoms with van der Waals surface area (Å²) in [6.45, 7) is 53.0. The summed E-state index contributed by atoms with van der Waals surface area (Å²) in [5, 5.41) is 21.3. The van der Waals surface area contributed by atoms with E-state index in [1.807, 2.05) is 90.0 Å². The monoisotopic (exact) mass is 2180 g/mol. The van der Waals surface area contributed by atoms with Crippen LogP contribution in [0, 0.1) is 110 Å². The van der Waals surface area contributed by atoms with Crippen molar-refractivity contribution in [2.24, 2.45) is 103 Å². The van der Waals surface area contributed by atoms with Gasteiger partial charge in [0.15, 0.2) is 12.9 Å². The average molecular weight is 2180 g/mol. The molecule has 17 fully saturated rings. The molecule has 0 spiro atoms. The van der Waals surface area contributed by atoms with E-state index in [1.54, 1.807) is 13.8 Å². The summed E-state index contributed by atoms with van der Waals surface area (Å²) < 4.78 is 86.2. The van der Waals surface area contributed by atoms with E-state index in [-0.39, 0.29) is 212 Å². The molecule has 2 saturated heterocycles. The molecule has 2 heterocycles. The maximum Gasteiger partial charge on any atom is 0.376 e. The van der Waals surface area contributed by atoms with Crippen LogP contribution in [0.15, 0.2) is 48.5 Å². The minimum absolute atomic E-state index is 0. The summed E-state index contributed by atoms with van der Waals surface area (Å²) in [5.41, 5.74) is -1.77. The van der Waals surface area contributed by atoms with Crippen LogP contribution in [-0.2, 0) is 96.6 Å². The number of unbranched alkanes of at least 4 members (excludes halogenated alkanes) is 1. The summed E-state index contributed by atoms with van der Waals surface area (Å²) in [6.07, 6.45) is 29.4. The second-order valence-corrected chi connectivity index (χ2v) is 53.5. The second-order valence-electron chi connectivity index (χ2n) is 50.5. The van der Waals surface area contributed by atoms with Gasteiger partial charge in [-0.2, -0.15) is 8.78 Å². The van der Waals surface area contributed by atoms with Crippen molar-refractivity contribution in [3.63, 3.8) is 0 Å². The molecule has 2 aliphatic heterocycles. The zero-order valence-electron chi connectivity index (χ0n) is 88.4. The van der Waals surface area contributed by atoms with Crippen LogP contribution in [0.1, 0.15) is 477 Å². The van der Waals surface area contributed by atoms with Crippen LogP contribution < -0.4 is 21.2 Å². The van der Waals surface area contributed by atoms with Gasteiger partial charge in [-0.15, -0.1) is 0 Å². The van der Waals surface area contributed by atoms with Crippen molar-refractivity contribution in [2.45, 2.75) is 529 Å². The Kier molecular flexibility index (Phi) is 53.6. The van der Waals surface area contributed by atoms with E-state index in [9.17, 15) is 57.4 Å². The first-order valence-corrected chi connectivity index (χ1v) is 54.8. The van der Waals surface area contributed by atoms with Crippen molar-refractivity contribution in [2.75, 3.05) is 33.0 Å². The zero-order chi connectivity index (χ0) is 101. The number of halogens is 3. The Balaban J connectivity index is 0.00000173. The van der Waals surface area contributed by atoms with Gasteiger partial charge in [-0.1, -0.05) is 130 Å². The van der Waals surface area contributed by atoms with Crippen molar-refractivity contribution < 1.29 is 126 Å². The maximum absolute atomic E-state index is 13.3. The molecular formula is C123H218F2IO20-. The minimum atomic E-state index is -3.45. The van der Waals surface area contributed by atoms with E-state index in [4.69, 9.17) is 47.4 Å². The number of aliphatic hydroxyl groups is 2. The fourth-order valence-electron chi connectivity index (χ4n) is 25.3. The molecule has 17 aliphatic rings. The number of benzene rings is 2. The predicted molar refractivity (Wildman–Crippen MR) is 586 cm³/mol. The van der Waals surface area contributed by atoms with E-state index in [0.29, 0.717) is 87.9 Å². The van der Waals surface area contributed by atoms with E-state index >= 15 is 0 Å². The summed E-state index contributed by atoms with van der Waals surface area (Å²) in [5.74, 6) is -0.893. The molecule has 2 aromatic rings. The van der Waals surface area contributed by atoms with E-state index in [0.717, 1.165) is 147 Å². The van der Waals surface area contributed by atoms with Crippen LogP contribution in [0.25, 0.3) is 0 Å². The number of carbonyl (C=O) groups is 8. The molecule has 23 heteroatoms. The molecule has 0 radical (unpaired) electrons. The molecule has 2 N–H and O–H groups in total. The fraction of sp³-hybridized carbons (Fsp3) is 0.837. The first kappa shape index (κ1) is 141. The summed E-state index contributed by atoms with van der Waals surface area (Å²) in [6, 6.07) is 18.4. The van der Waals surface area contributed by atoms with Crippen molar-refractivity contribution in [1.29, 1.82) is 0 Å². The number of fused-ring (bicyclic) bond motifs is 1. The molecule has 15 saturated carbocycles. The molecule has 16 bridgehead atoms. The molecule has 20 nitrogen and oxygen atoms in total. The second kappa shape index (κ2) is 55.6. The third-order valence-electron chi connectivity index (χ3n) is 34.5. The van der Waals surface area contributed by atoms with Crippen LogP contribution in [0.3, 0.4) is 0 Å². The van der Waals surface area contributed by atoms with Crippen LogP contribution in [0.5, 0.6) is 0 Å². The molecule has 852 valence electrons. The number of hydrogen-bond donors (Lipinski definition) is 2. The summed E-state index contributed by atoms with van der Waals surface area (Å²) in [7, 11) is 0. The Morgan fingerprint density at radius 1 is 0.432 bits per heavy atom. The number of esters is 8. The Bertz CT molecular complexity index is 4230. The quantitative estimate of drug-likeness (QED) is 0.0226. The van der Waals surface area contributed by atoms with Gasteiger partial charge in [-0.05, 0) is 327 Å². The molecule has 2 aromatic carbocycles. The molecule has 0 amide bonds. The predicted octanol–water partition coefficient (Wildman–Crippen LogP) is 27.6. The van der Waals surface area contributed by atoms with Crippen LogP contribution in [0.4, 0.5) is 8.78 Å². The maximum atomic E-state index is 13.3. The molecule has 15 aliphatic carbocycles. The van der Waals surface area contributed by atoms with Gasteiger partial charge in [0.1, 0.15) is 29.0 Å². The third kappa shape index (κ3) is 35.6. The topological polar surface area (TPSA) is 269 Å². The Hall–Kier alpha value is -5.37. The summed E-state index contributed by atoms with van der Waals surface area (Å²) in [4.78, 5) is 96.9. The number of alkyl halides is 2. The van der Waals surface area contributed by atoms with Crippen LogP contribution in [-0.4, -0.2) is 143 Å². The Labute approximate surface area is 900 Å². The van der Waals surface area contributed by atoms with Gasteiger partial charge < -0.3 is 57.6 Å². The largest absolute Gasteiger partial charge is 0.465 e. The van der Waals surface area contributed by atoms with Gasteiger partial charge >= 0.3 is 194 Å². The SMILES string of the molecule is C.C.C.C.C.C.C.C.C.C.CC(C)(C)c1ccc([I-]c2ccc(C(C)(C)C)cc2)cc1.CCC(C)(C)C(=O)OC1(C(C)C)C2CC3CC(C2)CC1C3.CCC(C)(C)C(=O)OC12CC3CC(O)(CC(O)(C3)C1)C2.CCC(C)(C)C(=O)OCC(=O)OC1C2CC3CC(C2)C(=O)OC1C3.CCC(C)(C)C(=O)OCCCCOC(C)OCC12CC3CC(CC(COC(=O)C(C)(F)F)(C3)C1)C2.CCC1(OC(=O)C(C)(C)CC)CCCC1. The van der Waals surface area contributed by atoms with Gasteiger partial charge in [0.05, 0.1) is 64.0 Å². The number of hydrogen-bond acceptors (Lipinski definition) is 20. The number of carbonyl (C=O) groups excluding carboxylic acids is 8. The standard InChI is InChI=1S/C27H44F2O6.C20H26I.C19H32O2.C18H26O6.C16H26O4.C13H24O2.10CH4/c1-6-24(3,4)22(30)33-10-8-7-9-32-19(2)34-17-26-12-20-11-21(13-26)15-27(14-20,16-26)18-35-23(31)25(5,28)29;1-19(2,3)15-7-11-17(12-8-15)21-18-13-9-16(10-14-18)20(4,5)6;1-6-18(4,5)17(20)21-19(12(2)3)15-8-13-7-14(10-15)11-16(19)9-13;1-4-18(2,3)17(21)22-9-14(19)24-15-11-5-10-6-12(8-11)16(20)23-13(15)7-10;1-4-13(2,3)12(17)20-16-7-11-5-14(18,9-16)8-15(19,6-11)10-16;1-5-12(3,4)11(14)15-13(6-2)9-7-8-10-13;;;;;;;;;;/h19-21H,6-18H2,1-5H3;7-14H,1-6H3;12-16H,6-11H2,1-5H3;10-13,15H,4-9H2,1-3H3;11,18-19H,4-10H2,1-3H3;5-10H2,1-4H3;10*1H4/q;-1;;;;;;;;;;;;;;. The molecule has 0 aromatic heterocycles. The van der Waals surface area contributed by atoms with Crippen molar-refractivity contribution in [3.8, 4) is 0 Å². The normalized spacial score (nSPS) is 29.3. The smallest absolute Gasteiger partial charge is 0.376 e. The van der Waals surface area contributed by atoms with Gasteiger partial charge in [0, 0.05) is 44.1 Å². The third-order valence-corrected chi connectivity index (χ3v) is 37.2. The van der Waals surface area contributed by atoms with Gasteiger partial charge in [0.25, 0.3) is 0 Å².